The molecule has 1 saturated carbocycles. The molecule has 1 fully saturated rings. The topological polar surface area (TPSA) is 41.5 Å². The fourth-order valence-electron chi connectivity index (χ4n) is 3.17. The Balaban J connectivity index is 1.66. The second-order valence-electron chi connectivity index (χ2n) is 6.56. The molecule has 3 nitrogen and oxygen atoms in total. The van der Waals surface area contributed by atoms with E-state index in [0.717, 1.165) is 29.7 Å². The van der Waals surface area contributed by atoms with Crippen molar-refractivity contribution in [1.29, 1.82) is 0 Å². The van der Waals surface area contributed by atoms with Crippen molar-refractivity contribution in [2.75, 3.05) is 19.7 Å². The van der Waals surface area contributed by atoms with Crippen LogP contribution in [0.4, 0.5) is 0 Å². The van der Waals surface area contributed by atoms with Crippen LogP contribution in [0.15, 0.2) is 18.2 Å². The molecule has 3 atom stereocenters. The summed E-state index contributed by atoms with van der Waals surface area (Å²) in [6.07, 6.45) is 3.57. The number of rotatable bonds is 7. The van der Waals surface area contributed by atoms with Gasteiger partial charge in [0.15, 0.2) is 0 Å². The number of aliphatic hydroxyl groups is 1. The van der Waals surface area contributed by atoms with Gasteiger partial charge in [-0.25, -0.2) is 0 Å². The van der Waals surface area contributed by atoms with Crippen LogP contribution >= 0.6 is 0 Å². The highest BCUT2D eigenvalue weighted by atomic mass is 16.5. The van der Waals surface area contributed by atoms with E-state index in [9.17, 15) is 5.11 Å². The van der Waals surface area contributed by atoms with Crippen LogP contribution in [0.2, 0.25) is 0 Å². The summed E-state index contributed by atoms with van der Waals surface area (Å²) in [6.45, 7) is 8.40. The first kappa shape index (κ1) is 16.3. The number of benzene rings is 1. The Morgan fingerprint density at radius 2 is 2.14 bits per heavy atom. The zero-order valence-corrected chi connectivity index (χ0v) is 13.6. The molecule has 2 rings (SSSR count). The number of hydrogen-bond acceptors (Lipinski definition) is 3. The second-order valence-corrected chi connectivity index (χ2v) is 6.56. The SMILES string of the molecule is Cc1ccc(OCC(O)CNCC2CCCC2C)c(C)c1. The third-order valence-electron chi connectivity index (χ3n) is 4.59. The number of aliphatic hydroxyl groups excluding tert-OH is 1. The second kappa shape index (κ2) is 7.81. The van der Waals surface area contributed by atoms with Crippen molar-refractivity contribution in [2.45, 2.75) is 46.1 Å². The lowest BCUT2D eigenvalue weighted by molar-refractivity contribution is 0.104. The van der Waals surface area contributed by atoms with E-state index >= 15 is 0 Å². The van der Waals surface area contributed by atoms with Crippen LogP contribution < -0.4 is 10.1 Å². The van der Waals surface area contributed by atoms with Gasteiger partial charge in [0.05, 0.1) is 0 Å². The molecular formula is C18H29NO2. The smallest absolute Gasteiger partial charge is 0.122 e. The summed E-state index contributed by atoms with van der Waals surface area (Å²) >= 11 is 0. The van der Waals surface area contributed by atoms with Crippen molar-refractivity contribution in [3.05, 3.63) is 29.3 Å². The Morgan fingerprint density at radius 3 is 2.81 bits per heavy atom. The molecule has 0 heterocycles. The first-order chi connectivity index (χ1) is 10.1. The number of hydrogen-bond donors (Lipinski definition) is 2. The minimum Gasteiger partial charge on any atom is -0.491 e. The van der Waals surface area contributed by atoms with E-state index in [1.807, 2.05) is 19.1 Å². The van der Waals surface area contributed by atoms with Gasteiger partial charge in [-0.3, -0.25) is 0 Å². The molecule has 0 spiro atoms. The van der Waals surface area contributed by atoms with Gasteiger partial charge in [0.25, 0.3) is 0 Å². The maximum Gasteiger partial charge on any atom is 0.122 e. The van der Waals surface area contributed by atoms with Gasteiger partial charge < -0.3 is 15.2 Å². The number of ether oxygens (including phenoxy) is 1. The van der Waals surface area contributed by atoms with Gasteiger partial charge in [0.2, 0.25) is 0 Å². The lowest BCUT2D eigenvalue weighted by Gasteiger charge is -2.18. The summed E-state index contributed by atoms with van der Waals surface area (Å²) in [6, 6.07) is 6.11. The zero-order valence-electron chi connectivity index (χ0n) is 13.6. The van der Waals surface area contributed by atoms with Crippen molar-refractivity contribution >= 4 is 0 Å². The van der Waals surface area contributed by atoms with Crippen LogP contribution in [-0.4, -0.2) is 30.9 Å². The van der Waals surface area contributed by atoms with Crippen LogP contribution in [0.1, 0.15) is 37.3 Å². The average Bonchev–Trinajstić information content (AvgIpc) is 2.83. The van der Waals surface area contributed by atoms with Gasteiger partial charge in [0.1, 0.15) is 18.5 Å². The molecule has 0 bridgehead atoms. The molecule has 0 aliphatic heterocycles. The molecule has 3 unspecified atom stereocenters. The molecule has 0 radical (unpaired) electrons. The van der Waals surface area contributed by atoms with Crippen molar-refractivity contribution in [3.8, 4) is 5.75 Å². The molecule has 3 heteroatoms. The van der Waals surface area contributed by atoms with E-state index in [1.165, 1.54) is 24.8 Å². The van der Waals surface area contributed by atoms with Gasteiger partial charge in [0, 0.05) is 6.54 Å². The maximum atomic E-state index is 10.0. The lowest BCUT2D eigenvalue weighted by Crippen LogP contribution is -2.34. The summed E-state index contributed by atoms with van der Waals surface area (Å²) in [5.74, 6) is 2.46. The van der Waals surface area contributed by atoms with Gasteiger partial charge in [-0.1, -0.05) is 37.5 Å². The van der Waals surface area contributed by atoms with Gasteiger partial charge in [-0.2, -0.15) is 0 Å². The molecule has 1 aromatic rings. The normalized spacial score (nSPS) is 23.2. The summed E-state index contributed by atoms with van der Waals surface area (Å²) < 4.78 is 5.71. The molecule has 21 heavy (non-hydrogen) atoms. The first-order valence-corrected chi connectivity index (χ1v) is 8.15. The average molecular weight is 291 g/mol. The lowest BCUT2D eigenvalue weighted by atomic mass is 9.98. The van der Waals surface area contributed by atoms with Crippen LogP contribution in [0, 0.1) is 25.7 Å². The van der Waals surface area contributed by atoms with Crippen LogP contribution in [0.3, 0.4) is 0 Å². The summed E-state index contributed by atoms with van der Waals surface area (Å²) in [5.41, 5.74) is 2.35. The van der Waals surface area contributed by atoms with E-state index < -0.39 is 6.10 Å². The van der Waals surface area contributed by atoms with E-state index in [1.54, 1.807) is 0 Å². The fourth-order valence-corrected chi connectivity index (χ4v) is 3.17. The third kappa shape index (κ3) is 5.01. The number of aryl methyl sites for hydroxylation is 2. The molecule has 1 aliphatic carbocycles. The standard InChI is InChI=1S/C18H29NO2/c1-13-7-8-18(15(3)9-13)21-12-17(20)11-19-10-16-6-4-5-14(16)2/h7-9,14,16-17,19-20H,4-6,10-12H2,1-3H3. The minimum atomic E-state index is -0.456. The van der Waals surface area contributed by atoms with E-state index in [2.05, 4.69) is 25.2 Å². The molecule has 0 aromatic heterocycles. The first-order valence-electron chi connectivity index (χ1n) is 8.15. The zero-order chi connectivity index (χ0) is 15.2. The Labute approximate surface area is 128 Å². The van der Waals surface area contributed by atoms with Crippen molar-refractivity contribution in [1.82, 2.24) is 5.32 Å². The van der Waals surface area contributed by atoms with Crippen LogP contribution in [-0.2, 0) is 0 Å². The quantitative estimate of drug-likeness (QED) is 0.811. The Kier molecular flexibility index (Phi) is 6.07. The molecule has 1 aromatic carbocycles. The highest BCUT2D eigenvalue weighted by molar-refractivity contribution is 5.35. The molecule has 1 aliphatic rings. The molecule has 0 saturated heterocycles. The monoisotopic (exact) mass is 291 g/mol. The number of nitrogens with one attached hydrogen (secondary N) is 1. The third-order valence-corrected chi connectivity index (χ3v) is 4.59. The molecule has 0 amide bonds. The van der Waals surface area contributed by atoms with Crippen molar-refractivity contribution in [3.63, 3.8) is 0 Å². The highest BCUT2D eigenvalue weighted by Crippen LogP contribution is 2.30. The van der Waals surface area contributed by atoms with Gasteiger partial charge >= 0.3 is 0 Å². The molecule has 118 valence electrons. The van der Waals surface area contributed by atoms with Gasteiger partial charge in [-0.05, 0) is 50.3 Å². The minimum absolute atomic E-state index is 0.344. The molecular weight excluding hydrogens is 262 g/mol. The van der Waals surface area contributed by atoms with Gasteiger partial charge in [-0.15, -0.1) is 0 Å². The fraction of sp³-hybridized carbons (Fsp3) is 0.667. The Hall–Kier alpha value is -1.06. The Bertz CT molecular complexity index is 447. The predicted molar refractivity (Wildman–Crippen MR) is 86.8 cm³/mol. The van der Waals surface area contributed by atoms with E-state index in [0.29, 0.717) is 13.2 Å². The maximum absolute atomic E-state index is 10.0. The van der Waals surface area contributed by atoms with Crippen LogP contribution in [0.5, 0.6) is 5.75 Å². The summed E-state index contributed by atoms with van der Waals surface area (Å²) in [4.78, 5) is 0. The summed E-state index contributed by atoms with van der Waals surface area (Å²) in [7, 11) is 0. The van der Waals surface area contributed by atoms with E-state index in [-0.39, 0.29) is 0 Å². The van der Waals surface area contributed by atoms with Crippen molar-refractivity contribution < 1.29 is 9.84 Å². The largest absolute Gasteiger partial charge is 0.491 e. The summed E-state index contributed by atoms with van der Waals surface area (Å²) in [5, 5.41) is 13.4. The molecule has 2 N–H and O–H groups in total. The highest BCUT2D eigenvalue weighted by Gasteiger charge is 2.22. The predicted octanol–water partition coefficient (Wildman–Crippen LogP) is 3.07. The Morgan fingerprint density at radius 1 is 1.33 bits per heavy atom. The van der Waals surface area contributed by atoms with Crippen molar-refractivity contribution in [2.24, 2.45) is 11.8 Å². The van der Waals surface area contributed by atoms with E-state index in [4.69, 9.17) is 4.74 Å². The van der Waals surface area contributed by atoms with Crippen LogP contribution in [0.25, 0.3) is 0 Å².